The Balaban J connectivity index is 1.77. The molecular formula is C46H78N2O16. The van der Waals surface area contributed by atoms with Gasteiger partial charge in [0.25, 0.3) is 0 Å². The third kappa shape index (κ3) is 14.7. The predicted molar refractivity (Wildman–Crippen MR) is 233 cm³/mol. The normalized spacial score (nSPS) is 43.0. The number of rotatable bonds is 13. The molecule has 4 N–H and O–H groups in total. The number of likely N-dealkylation sites (N-methyl/N-ethyl adjacent to an activating group) is 2. The van der Waals surface area contributed by atoms with Crippen LogP contribution in [0.1, 0.15) is 99.8 Å². The highest BCUT2D eigenvalue weighted by Crippen LogP contribution is 2.38. The second kappa shape index (κ2) is 24.4. The second-order valence-electron chi connectivity index (χ2n) is 18.8. The van der Waals surface area contributed by atoms with Crippen LogP contribution < -0.4 is 0 Å². The monoisotopic (exact) mass is 915 g/mol. The molecule has 4 aliphatic heterocycles. The molecule has 0 aromatic carbocycles. The van der Waals surface area contributed by atoms with Gasteiger partial charge < -0.3 is 72.9 Å². The maximum atomic E-state index is 13.5. The summed E-state index contributed by atoms with van der Waals surface area (Å²) >= 11 is 0. The van der Waals surface area contributed by atoms with E-state index in [1.807, 2.05) is 52.2 Å². The minimum Gasteiger partial charge on any atom is -0.481 e. The van der Waals surface area contributed by atoms with Gasteiger partial charge in [0, 0.05) is 32.4 Å². The topological polar surface area (TPSA) is 222 Å². The Kier molecular flexibility index (Phi) is 20.6. The molecule has 18 heteroatoms. The lowest BCUT2D eigenvalue weighted by molar-refractivity contribution is -0.344. The average molecular weight is 915 g/mol. The highest BCUT2D eigenvalue weighted by molar-refractivity contribution is 5.72. The smallest absolute Gasteiger partial charge is 0.309 e. The summed E-state index contributed by atoms with van der Waals surface area (Å²) in [7, 11) is 8.88. The van der Waals surface area contributed by atoms with Crippen molar-refractivity contribution in [2.75, 3.05) is 35.3 Å². The molecule has 64 heavy (non-hydrogen) atoms. The van der Waals surface area contributed by atoms with E-state index in [4.69, 9.17) is 42.6 Å². The van der Waals surface area contributed by atoms with E-state index in [0.29, 0.717) is 12.8 Å². The van der Waals surface area contributed by atoms with Crippen molar-refractivity contribution < 1.29 is 77.4 Å². The van der Waals surface area contributed by atoms with Crippen molar-refractivity contribution in [1.82, 2.24) is 9.80 Å². The van der Waals surface area contributed by atoms with Crippen molar-refractivity contribution in [1.29, 1.82) is 0 Å². The van der Waals surface area contributed by atoms with Crippen molar-refractivity contribution in [3.8, 4) is 0 Å². The van der Waals surface area contributed by atoms with E-state index in [-0.39, 0.29) is 37.3 Å². The first-order valence-corrected chi connectivity index (χ1v) is 22.9. The van der Waals surface area contributed by atoms with Crippen LogP contribution in [0.2, 0.25) is 0 Å². The zero-order valence-corrected chi connectivity index (χ0v) is 39.9. The Bertz CT molecular complexity index is 1540. The summed E-state index contributed by atoms with van der Waals surface area (Å²) < 4.78 is 56.4. The Hall–Kier alpha value is -2.59. The third-order valence-corrected chi connectivity index (χ3v) is 13.0. The molecule has 0 saturated carbocycles. The van der Waals surface area contributed by atoms with Crippen LogP contribution in [0.3, 0.4) is 0 Å². The van der Waals surface area contributed by atoms with Gasteiger partial charge in [0.15, 0.2) is 18.9 Å². The number of aliphatic hydroxyl groups is 3. The zero-order chi connectivity index (χ0) is 47.6. The predicted octanol–water partition coefficient (Wildman–Crippen LogP) is 3.17. The van der Waals surface area contributed by atoms with Crippen LogP contribution in [-0.4, -0.2) is 187 Å². The number of cyclic esters (lactones) is 1. The molecule has 3 fully saturated rings. The van der Waals surface area contributed by atoms with Gasteiger partial charge in [-0.3, -0.25) is 14.4 Å². The van der Waals surface area contributed by atoms with Gasteiger partial charge >= 0.3 is 17.9 Å². The summed E-state index contributed by atoms with van der Waals surface area (Å²) in [4.78, 5) is 43.3. The summed E-state index contributed by atoms with van der Waals surface area (Å²) in [6, 6.07) is -0.592. The van der Waals surface area contributed by atoms with E-state index in [1.165, 1.54) is 14.0 Å². The molecule has 1 unspecified atom stereocenters. The SMILES string of the molecule is CCC(=O)O[C@@H]1CC(=O)O[C@H](C)C/C=C/C=C/[C@H](O[C@H]2CC[C@H](N(C)C)[C@@H](C)O2)[C@H](C)C[C@H](CC(=O)O)[C@H](O[C@@H]2O[C@H](C)[C@@H](O[C@H]3C[C@@](C)(O)[C@@H](O)[C@H](C)O3)[C@H](N(C)C)[C@H]2O)C1OC. The van der Waals surface area contributed by atoms with Gasteiger partial charge in [0.1, 0.15) is 36.6 Å². The molecule has 4 rings (SSSR count). The number of hydrogen-bond acceptors (Lipinski definition) is 17. The van der Waals surface area contributed by atoms with E-state index in [2.05, 4.69) is 4.90 Å². The standard InChI is InChI=1S/C46H78N2O16/c1-13-35(51)61-33-23-36(52)57-26(3)17-15-14-16-18-32(62-37-20-19-31(47(8)9)27(4)58-37)25(2)21-30(22-34(49)50)42(43(33)56-12)64-45-40(53)39(48(10)11)41(28(5)60-45)63-38-24-46(7,55)44(54)29(6)59-38/h14-16,18,25-33,37-45,53-55H,13,17,19-24H2,1-12H3,(H,49,50)/b15-14+,18-16+/t25-,26-,27-,28-,29+,30-,31+,32+,33-,37+,38+,39-,40-,41-,42+,43?,44+,45+,46-/m1/s1. The molecule has 18 nitrogen and oxygen atoms in total. The lowest BCUT2D eigenvalue weighted by Gasteiger charge is -2.50. The van der Waals surface area contributed by atoms with E-state index < -0.39 is 128 Å². The lowest BCUT2D eigenvalue weighted by atomic mass is 9.82. The number of hydrogen-bond donors (Lipinski definition) is 4. The molecule has 0 aromatic rings. The van der Waals surface area contributed by atoms with E-state index in [0.717, 1.165) is 6.42 Å². The third-order valence-electron chi connectivity index (χ3n) is 13.0. The number of aliphatic hydroxyl groups excluding tert-OH is 2. The van der Waals surface area contributed by atoms with Crippen LogP contribution >= 0.6 is 0 Å². The van der Waals surface area contributed by atoms with Crippen molar-refractivity contribution >= 4 is 17.9 Å². The molecule has 4 aliphatic rings. The fourth-order valence-corrected chi connectivity index (χ4v) is 9.51. The summed E-state index contributed by atoms with van der Waals surface area (Å²) in [5.41, 5.74) is -1.51. The molecule has 3 saturated heterocycles. The van der Waals surface area contributed by atoms with Gasteiger partial charge in [-0.05, 0) is 93.9 Å². The van der Waals surface area contributed by atoms with Gasteiger partial charge in [0.2, 0.25) is 0 Å². The first-order valence-electron chi connectivity index (χ1n) is 22.9. The summed E-state index contributed by atoms with van der Waals surface area (Å²) in [5.74, 6) is -3.74. The number of ether oxygens (including phenoxy) is 9. The number of aliphatic carboxylic acids is 1. The maximum absolute atomic E-state index is 13.5. The van der Waals surface area contributed by atoms with Crippen LogP contribution in [0.4, 0.5) is 0 Å². The van der Waals surface area contributed by atoms with Crippen molar-refractivity contribution in [3.63, 3.8) is 0 Å². The van der Waals surface area contributed by atoms with E-state index in [1.54, 1.807) is 46.7 Å². The van der Waals surface area contributed by atoms with Crippen LogP contribution in [0, 0.1) is 11.8 Å². The van der Waals surface area contributed by atoms with Gasteiger partial charge in [0.05, 0.1) is 55.0 Å². The lowest BCUT2D eigenvalue weighted by Crippen LogP contribution is -2.65. The van der Waals surface area contributed by atoms with Crippen LogP contribution in [-0.2, 0) is 57.0 Å². The molecule has 0 aromatic heterocycles. The molecule has 4 heterocycles. The molecular weight excluding hydrogens is 837 g/mol. The molecule has 0 aliphatic carbocycles. The number of carboxylic acid groups (broad SMARTS) is 1. The van der Waals surface area contributed by atoms with E-state index >= 15 is 0 Å². The largest absolute Gasteiger partial charge is 0.481 e. The summed E-state index contributed by atoms with van der Waals surface area (Å²) in [6.07, 6.45) is -4.41. The number of esters is 2. The molecule has 0 bridgehead atoms. The summed E-state index contributed by atoms with van der Waals surface area (Å²) in [6.45, 7) is 12.2. The van der Waals surface area contributed by atoms with Crippen molar-refractivity contribution in [3.05, 3.63) is 24.3 Å². The summed E-state index contributed by atoms with van der Waals surface area (Å²) in [5, 5.41) is 44.2. The number of carbonyl (C=O) groups excluding carboxylic acids is 2. The van der Waals surface area contributed by atoms with Gasteiger partial charge in [-0.1, -0.05) is 38.2 Å². The van der Waals surface area contributed by atoms with Crippen molar-refractivity contribution in [2.24, 2.45) is 11.8 Å². The van der Waals surface area contributed by atoms with Crippen LogP contribution in [0.15, 0.2) is 24.3 Å². The van der Waals surface area contributed by atoms with Crippen LogP contribution in [0.25, 0.3) is 0 Å². The van der Waals surface area contributed by atoms with Gasteiger partial charge in [-0.25, -0.2) is 0 Å². The zero-order valence-electron chi connectivity index (χ0n) is 39.9. The fourth-order valence-electron chi connectivity index (χ4n) is 9.51. The Morgan fingerprint density at radius 3 is 2.16 bits per heavy atom. The van der Waals surface area contributed by atoms with Crippen LogP contribution in [0.5, 0.6) is 0 Å². The second-order valence-corrected chi connectivity index (χ2v) is 18.8. The first kappa shape index (κ1) is 54.0. The molecule has 0 amide bonds. The van der Waals surface area contributed by atoms with Crippen molar-refractivity contribution in [2.45, 2.75) is 204 Å². The molecule has 368 valence electrons. The minimum absolute atomic E-state index is 0.0292. The fraction of sp³-hybridized carbons (Fsp3) is 0.848. The first-order chi connectivity index (χ1) is 30.1. The number of nitrogens with zero attached hydrogens (tertiary/aromatic N) is 2. The average Bonchev–Trinajstić information content (AvgIpc) is 3.19. The number of methoxy groups -OCH3 is 1. The number of allylic oxidation sites excluding steroid dienone is 2. The number of carbonyl (C=O) groups is 3. The maximum Gasteiger partial charge on any atom is 0.309 e. The minimum atomic E-state index is -1.51. The molecule has 0 spiro atoms. The Morgan fingerprint density at radius 2 is 1.56 bits per heavy atom. The highest BCUT2D eigenvalue weighted by atomic mass is 16.7. The van der Waals surface area contributed by atoms with Gasteiger partial charge in [-0.2, -0.15) is 0 Å². The Morgan fingerprint density at radius 1 is 0.875 bits per heavy atom. The molecule has 0 radical (unpaired) electrons. The van der Waals surface area contributed by atoms with E-state index in [9.17, 15) is 34.8 Å². The quantitative estimate of drug-likeness (QED) is 0.195. The Labute approximate surface area is 379 Å². The number of carboxylic acids is 1. The van der Waals surface area contributed by atoms with Gasteiger partial charge in [-0.15, -0.1) is 0 Å². The highest BCUT2D eigenvalue weighted by Gasteiger charge is 2.52. The molecule has 19 atom stereocenters.